The first kappa shape index (κ1) is 13.5. The minimum absolute atomic E-state index is 0.0972. The van der Waals surface area contributed by atoms with Gasteiger partial charge >= 0.3 is 0 Å². The molecular weight excluding hydrogens is 230 g/mol. The predicted molar refractivity (Wildman–Crippen MR) is 69.1 cm³/mol. The largest absolute Gasteiger partial charge is 0.394 e. The number of hydrogen-bond acceptors (Lipinski definition) is 5. The topological polar surface area (TPSA) is 66.2 Å². The Morgan fingerprint density at radius 1 is 1.50 bits per heavy atom. The van der Waals surface area contributed by atoms with Crippen molar-refractivity contribution in [3.63, 3.8) is 0 Å². The van der Waals surface area contributed by atoms with Crippen molar-refractivity contribution in [2.45, 2.75) is 37.9 Å². The second kappa shape index (κ2) is 5.77. The summed E-state index contributed by atoms with van der Waals surface area (Å²) >= 11 is 0. The maximum atomic E-state index is 8.80. The van der Waals surface area contributed by atoms with E-state index in [0.717, 1.165) is 18.8 Å². The van der Waals surface area contributed by atoms with Crippen LogP contribution in [0.25, 0.3) is 0 Å². The van der Waals surface area contributed by atoms with Crippen molar-refractivity contribution in [3.8, 4) is 0 Å². The van der Waals surface area contributed by atoms with Crippen LogP contribution in [0.5, 0.6) is 0 Å². The smallest absolute Gasteiger partial charge is 0.0964 e. The summed E-state index contributed by atoms with van der Waals surface area (Å²) in [5, 5.41) is 20.3. The highest BCUT2D eigenvalue weighted by molar-refractivity contribution is 4.99. The normalized spacial score (nSPS) is 18.0. The summed E-state index contributed by atoms with van der Waals surface area (Å²) < 4.78 is 1.67. The molecule has 18 heavy (non-hydrogen) atoms. The monoisotopic (exact) mass is 253 g/mol. The Morgan fingerprint density at radius 2 is 2.28 bits per heavy atom. The first-order valence-corrected chi connectivity index (χ1v) is 6.54. The molecule has 0 aliphatic heterocycles. The van der Waals surface area contributed by atoms with E-state index in [1.165, 1.54) is 19.3 Å². The van der Waals surface area contributed by atoms with Gasteiger partial charge in [0.1, 0.15) is 0 Å². The lowest BCUT2D eigenvalue weighted by Gasteiger charge is -2.47. The van der Waals surface area contributed by atoms with Gasteiger partial charge in [0, 0.05) is 24.8 Å². The number of likely N-dealkylation sites (N-methyl/N-ethyl adjacent to an activating group) is 1. The van der Waals surface area contributed by atoms with Crippen LogP contribution in [0.3, 0.4) is 0 Å². The Kier molecular flexibility index (Phi) is 4.31. The van der Waals surface area contributed by atoms with Gasteiger partial charge in [0.05, 0.1) is 18.8 Å². The van der Waals surface area contributed by atoms with Gasteiger partial charge in [-0.3, -0.25) is 0 Å². The molecule has 2 rings (SSSR count). The van der Waals surface area contributed by atoms with Gasteiger partial charge in [-0.25, -0.2) is 4.68 Å². The number of rotatable bonds is 7. The van der Waals surface area contributed by atoms with Gasteiger partial charge in [-0.2, -0.15) is 0 Å². The van der Waals surface area contributed by atoms with Crippen molar-refractivity contribution in [1.29, 1.82) is 0 Å². The molecule has 0 atom stereocenters. The van der Waals surface area contributed by atoms with Crippen LogP contribution in [0.4, 0.5) is 0 Å². The molecule has 0 amide bonds. The van der Waals surface area contributed by atoms with Crippen LogP contribution in [-0.4, -0.2) is 57.8 Å². The van der Waals surface area contributed by atoms with Gasteiger partial charge in [0.2, 0.25) is 0 Å². The van der Waals surface area contributed by atoms with E-state index in [4.69, 9.17) is 5.11 Å². The van der Waals surface area contributed by atoms with E-state index in [0.29, 0.717) is 12.1 Å². The van der Waals surface area contributed by atoms with Crippen LogP contribution in [-0.2, 0) is 13.1 Å². The van der Waals surface area contributed by atoms with E-state index in [-0.39, 0.29) is 6.61 Å². The zero-order valence-corrected chi connectivity index (χ0v) is 11.3. The fourth-order valence-electron chi connectivity index (χ4n) is 2.42. The van der Waals surface area contributed by atoms with Crippen molar-refractivity contribution in [3.05, 3.63) is 11.9 Å². The average molecular weight is 253 g/mol. The van der Waals surface area contributed by atoms with Crippen LogP contribution in [0, 0.1) is 0 Å². The maximum Gasteiger partial charge on any atom is 0.0964 e. The summed E-state index contributed by atoms with van der Waals surface area (Å²) in [6.07, 6.45) is 5.74. The number of nitrogens with zero attached hydrogens (tertiary/aromatic N) is 4. The van der Waals surface area contributed by atoms with E-state index < -0.39 is 0 Å². The Labute approximate surface area is 108 Å². The molecule has 1 heterocycles. The zero-order valence-electron chi connectivity index (χ0n) is 11.3. The molecular formula is C12H23N5O. The van der Waals surface area contributed by atoms with Gasteiger partial charge in [-0.1, -0.05) is 5.21 Å². The van der Waals surface area contributed by atoms with Gasteiger partial charge in [-0.05, 0) is 33.4 Å². The first-order valence-electron chi connectivity index (χ1n) is 6.54. The molecule has 0 aromatic carbocycles. The molecule has 6 heteroatoms. The molecule has 102 valence electrons. The molecule has 0 bridgehead atoms. The molecule has 0 spiro atoms. The van der Waals surface area contributed by atoms with Crippen molar-refractivity contribution in [2.75, 3.05) is 27.2 Å². The molecule has 1 aliphatic rings. The Bertz CT molecular complexity index is 372. The molecule has 6 nitrogen and oxygen atoms in total. The fourth-order valence-corrected chi connectivity index (χ4v) is 2.42. The van der Waals surface area contributed by atoms with E-state index in [1.807, 2.05) is 6.20 Å². The fraction of sp³-hybridized carbons (Fsp3) is 0.833. The molecule has 2 N–H and O–H groups in total. The second-order valence-electron chi connectivity index (χ2n) is 5.27. The van der Waals surface area contributed by atoms with Crippen LogP contribution in [0.1, 0.15) is 25.0 Å². The number of nitrogens with one attached hydrogen (secondary N) is 1. The quantitative estimate of drug-likeness (QED) is 0.707. The van der Waals surface area contributed by atoms with E-state index in [1.54, 1.807) is 4.68 Å². The molecule has 0 unspecified atom stereocenters. The highest BCUT2D eigenvalue weighted by atomic mass is 16.3. The highest BCUT2D eigenvalue weighted by Crippen LogP contribution is 2.35. The number of aliphatic hydroxyl groups excluding tert-OH is 1. The lowest BCUT2D eigenvalue weighted by molar-refractivity contribution is 0.0597. The Morgan fingerprint density at radius 3 is 2.83 bits per heavy atom. The average Bonchev–Trinajstić information content (AvgIpc) is 2.70. The van der Waals surface area contributed by atoms with Gasteiger partial charge < -0.3 is 15.3 Å². The maximum absolute atomic E-state index is 8.80. The lowest BCUT2D eigenvalue weighted by atomic mass is 9.75. The van der Waals surface area contributed by atoms with Crippen molar-refractivity contribution in [2.24, 2.45) is 0 Å². The third-order valence-electron chi connectivity index (χ3n) is 3.91. The van der Waals surface area contributed by atoms with Crippen molar-refractivity contribution < 1.29 is 5.11 Å². The predicted octanol–water partition coefficient (Wildman–Crippen LogP) is -0.156. The summed E-state index contributed by atoms with van der Waals surface area (Å²) in [5.41, 5.74) is 1.26. The molecule has 0 saturated heterocycles. The van der Waals surface area contributed by atoms with E-state index in [9.17, 15) is 0 Å². The second-order valence-corrected chi connectivity index (χ2v) is 5.27. The van der Waals surface area contributed by atoms with Crippen LogP contribution in [0.2, 0.25) is 0 Å². The van der Waals surface area contributed by atoms with E-state index >= 15 is 0 Å². The number of aromatic nitrogens is 3. The van der Waals surface area contributed by atoms with Gasteiger partial charge in [0.15, 0.2) is 0 Å². The molecule has 1 saturated carbocycles. The Hall–Kier alpha value is -0.980. The molecule has 1 aromatic rings. The third-order valence-corrected chi connectivity index (χ3v) is 3.91. The summed E-state index contributed by atoms with van der Waals surface area (Å²) in [6, 6.07) is 0. The van der Waals surface area contributed by atoms with Crippen LogP contribution in [0.15, 0.2) is 6.20 Å². The SMILES string of the molecule is CN(C)C1(CNCc2cn(CCO)nn2)CCC1. The summed E-state index contributed by atoms with van der Waals surface area (Å²) in [7, 11) is 4.30. The minimum atomic E-state index is 0.0972. The lowest BCUT2D eigenvalue weighted by Crippen LogP contribution is -2.56. The summed E-state index contributed by atoms with van der Waals surface area (Å²) in [6.45, 7) is 2.34. The molecule has 1 aliphatic carbocycles. The van der Waals surface area contributed by atoms with Crippen molar-refractivity contribution in [1.82, 2.24) is 25.2 Å². The van der Waals surface area contributed by atoms with E-state index in [2.05, 4.69) is 34.6 Å². The first-order chi connectivity index (χ1) is 8.66. The standard InChI is InChI=1S/C12H23N5O/c1-16(2)12(4-3-5-12)10-13-8-11-9-17(6-7-18)15-14-11/h9,13,18H,3-8,10H2,1-2H3. The highest BCUT2D eigenvalue weighted by Gasteiger charge is 2.38. The summed E-state index contributed by atoms with van der Waals surface area (Å²) in [4.78, 5) is 2.33. The zero-order chi connectivity index (χ0) is 13.0. The number of aliphatic hydroxyl groups is 1. The summed E-state index contributed by atoms with van der Waals surface area (Å²) in [5.74, 6) is 0. The molecule has 0 radical (unpaired) electrons. The molecule has 1 fully saturated rings. The van der Waals surface area contributed by atoms with Gasteiger partial charge in [-0.15, -0.1) is 5.10 Å². The Balaban J connectivity index is 1.77. The van der Waals surface area contributed by atoms with Crippen molar-refractivity contribution >= 4 is 0 Å². The third kappa shape index (κ3) is 2.88. The van der Waals surface area contributed by atoms with Crippen LogP contribution >= 0.6 is 0 Å². The van der Waals surface area contributed by atoms with Crippen LogP contribution < -0.4 is 5.32 Å². The minimum Gasteiger partial charge on any atom is -0.394 e. The molecule has 1 aromatic heterocycles. The number of hydrogen-bond donors (Lipinski definition) is 2. The van der Waals surface area contributed by atoms with Gasteiger partial charge in [0.25, 0.3) is 0 Å².